The Morgan fingerprint density at radius 2 is 0.769 bits per heavy atom. The lowest BCUT2D eigenvalue weighted by atomic mass is 9.85. The summed E-state index contributed by atoms with van der Waals surface area (Å²) in [6, 6.07) is 57.3. The first kappa shape index (κ1) is 28.8. The summed E-state index contributed by atoms with van der Waals surface area (Å²) in [5.74, 6) is 0. The minimum Gasteiger partial charge on any atom is -0.256 e. The minimum absolute atomic E-state index is 0.988. The van der Waals surface area contributed by atoms with Gasteiger partial charge in [-0.3, -0.25) is 15.0 Å². The third-order valence-electron chi connectivity index (χ3n) is 10.7. The molecule has 0 aliphatic heterocycles. The van der Waals surface area contributed by atoms with Gasteiger partial charge in [0.1, 0.15) is 0 Å². The summed E-state index contributed by atoms with van der Waals surface area (Å²) in [6.07, 6.45) is 5.60. The third-order valence-corrected chi connectivity index (χ3v) is 10.7. The van der Waals surface area contributed by atoms with Crippen LogP contribution in [0.4, 0.5) is 0 Å². The molecule has 240 valence electrons. The Hall–Kier alpha value is -6.97. The SMILES string of the molecule is c1cnc2cc(-c3cc(-c4ccc5cccnc5c4)cc(-c4ccc5ccc6c(-c7cccc8ncccc78)ccc7ccc4c5c76)c3)ccc2c1. The van der Waals surface area contributed by atoms with Crippen LogP contribution in [0.1, 0.15) is 0 Å². The lowest BCUT2D eigenvalue weighted by Gasteiger charge is -2.18. The highest BCUT2D eigenvalue weighted by Crippen LogP contribution is 2.44. The van der Waals surface area contributed by atoms with Gasteiger partial charge in [-0.15, -0.1) is 0 Å². The van der Waals surface area contributed by atoms with Crippen molar-refractivity contribution in [1.82, 2.24) is 15.0 Å². The molecule has 0 aliphatic rings. The molecule has 3 aromatic heterocycles. The topological polar surface area (TPSA) is 38.7 Å². The first-order chi connectivity index (χ1) is 25.7. The molecule has 11 aromatic rings. The van der Waals surface area contributed by atoms with E-state index in [4.69, 9.17) is 0 Å². The summed E-state index contributed by atoms with van der Waals surface area (Å²) < 4.78 is 0. The zero-order valence-electron chi connectivity index (χ0n) is 28.1. The van der Waals surface area contributed by atoms with E-state index in [9.17, 15) is 0 Å². The number of benzene rings is 8. The van der Waals surface area contributed by atoms with Crippen LogP contribution in [0.5, 0.6) is 0 Å². The summed E-state index contributed by atoms with van der Waals surface area (Å²) in [6.45, 7) is 0. The summed E-state index contributed by atoms with van der Waals surface area (Å²) in [5.41, 5.74) is 12.4. The van der Waals surface area contributed by atoms with E-state index in [1.165, 1.54) is 54.6 Å². The number of pyridine rings is 3. The maximum Gasteiger partial charge on any atom is 0.0708 e. The standard InChI is InChI=1S/C49H29N3/c1-7-40(42-8-4-24-50-45(42)9-1)41-19-15-33-16-20-43-39(18-14-32-17-21-44(41)49(33)48(32)43)38-26-36(34-12-10-30-5-2-22-51-46(30)28-34)25-37(27-38)35-13-11-31-6-3-23-52-47(31)29-35/h1-29H. The van der Waals surface area contributed by atoms with E-state index < -0.39 is 0 Å². The second-order valence-electron chi connectivity index (χ2n) is 13.6. The minimum atomic E-state index is 0.988. The largest absolute Gasteiger partial charge is 0.256 e. The second kappa shape index (κ2) is 11.3. The van der Waals surface area contributed by atoms with E-state index in [0.29, 0.717) is 0 Å². The molecule has 0 fully saturated rings. The van der Waals surface area contributed by atoms with E-state index in [-0.39, 0.29) is 0 Å². The molecule has 0 bridgehead atoms. The molecule has 0 atom stereocenters. The van der Waals surface area contributed by atoms with Crippen LogP contribution in [0.25, 0.3) is 110 Å². The summed E-state index contributed by atoms with van der Waals surface area (Å²) in [5, 5.41) is 11.0. The number of fused-ring (bicyclic) bond motifs is 3. The van der Waals surface area contributed by atoms with E-state index in [2.05, 4.69) is 154 Å². The van der Waals surface area contributed by atoms with Gasteiger partial charge in [0.15, 0.2) is 0 Å². The fourth-order valence-electron chi connectivity index (χ4n) is 8.23. The highest BCUT2D eigenvalue weighted by atomic mass is 14.7. The van der Waals surface area contributed by atoms with Gasteiger partial charge in [0.2, 0.25) is 0 Å². The zero-order valence-corrected chi connectivity index (χ0v) is 28.1. The maximum atomic E-state index is 4.68. The first-order valence-electron chi connectivity index (χ1n) is 17.7. The average Bonchev–Trinajstić information content (AvgIpc) is 3.22. The van der Waals surface area contributed by atoms with Crippen LogP contribution in [0.2, 0.25) is 0 Å². The lowest BCUT2D eigenvalue weighted by Crippen LogP contribution is -1.91. The predicted octanol–water partition coefficient (Wildman–Crippen LogP) is 12.9. The summed E-state index contributed by atoms with van der Waals surface area (Å²) >= 11 is 0. The van der Waals surface area contributed by atoms with Gasteiger partial charge in [-0.25, -0.2) is 0 Å². The van der Waals surface area contributed by atoms with Crippen molar-refractivity contribution in [2.24, 2.45) is 0 Å². The smallest absolute Gasteiger partial charge is 0.0708 e. The maximum absolute atomic E-state index is 4.68. The molecular formula is C49H29N3. The van der Waals surface area contributed by atoms with Crippen LogP contribution in [0.3, 0.4) is 0 Å². The van der Waals surface area contributed by atoms with Crippen molar-refractivity contribution in [2.45, 2.75) is 0 Å². The first-order valence-corrected chi connectivity index (χ1v) is 17.7. The monoisotopic (exact) mass is 659 g/mol. The van der Waals surface area contributed by atoms with Gasteiger partial charge in [0.25, 0.3) is 0 Å². The van der Waals surface area contributed by atoms with E-state index in [1.807, 2.05) is 36.8 Å². The molecule has 11 rings (SSSR count). The number of rotatable bonds is 4. The normalized spacial score (nSPS) is 11.8. The Morgan fingerprint density at radius 3 is 1.42 bits per heavy atom. The van der Waals surface area contributed by atoms with Crippen LogP contribution in [-0.4, -0.2) is 15.0 Å². The number of hydrogen-bond acceptors (Lipinski definition) is 3. The zero-order chi connectivity index (χ0) is 34.2. The van der Waals surface area contributed by atoms with Gasteiger partial charge in [0.05, 0.1) is 16.6 Å². The average molecular weight is 660 g/mol. The van der Waals surface area contributed by atoms with Crippen molar-refractivity contribution in [3.05, 3.63) is 176 Å². The van der Waals surface area contributed by atoms with E-state index >= 15 is 0 Å². The van der Waals surface area contributed by atoms with Crippen LogP contribution >= 0.6 is 0 Å². The summed E-state index contributed by atoms with van der Waals surface area (Å²) in [7, 11) is 0. The Balaban J connectivity index is 1.16. The molecule has 0 saturated carbocycles. The van der Waals surface area contributed by atoms with Crippen LogP contribution in [-0.2, 0) is 0 Å². The molecule has 0 aliphatic carbocycles. The fraction of sp³-hybridized carbons (Fsp3) is 0. The van der Waals surface area contributed by atoms with Gasteiger partial charge in [0, 0.05) is 34.7 Å². The molecule has 3 nitrogen and oxygen atoms in total. The lowest BCUT2D eigenvalue weighted by molar-refractivity contribution is 1.41. The molecule has 0 spiro atoms. The van der Waals surface area contributed by atoms with Crippen molar-refractivity contribution in [1.29, 1.82) is 0 Å². The van der Waals surface area contributed by atoms with Crippen molar-refractivity contribution in [3.8, 4) is 44.5 Å². The molecule has 3 heteroatoms. The Kier molecular flexibility index (Phi) is 6.25. The Bertz CT molecular complexity index is 3090. The molecule has 0 amide bonds. The van der Waals surface area contributed by atoms with Gasteiger partial charge in [-0.1, -0.05) is 103 Å². The fourth-order valence-corrected chi connectivity index (χ4v) is 8.23. The quantitative estimate of drug-likeness (QED) is 0.177. The Labute approximate surface area is 299 Å². The predicted molar refractivity (Wildman–Crippen MR) is 218 cm³/mol. The Morgan fingerprint density at radius 1 is 0.269 bits per heavy atom. The van der Waals surface area contributed by atoms with Crippen LogP contribution < -0.4 is 0 Å². The van der Waals surface area contributed by atoms with E-state index in [1.54, 1.807) is 0 Å². The van der Waals surface area contributed by atoms with Crippen molar-refractivity contribution in [2.75, 3.05) is 0 Å². The molecule has 8 aromatic carbocycles. The van der Waals surface area contributed by atoms with Crippen molar-refractivity contribution in [3.63, 3.8) is 0 Å². The molecular weight excluding hydrogens is 631 g/mol. The third kappa shape index (κ3) is 4.50. The van der Waals surface area contributed by atoms with Gasteiger partial charge in [-0.05, 0) is 131 Å². The molecule has 0 saturated heterocycles. The van der Waals surface area contributed by atoms with Crippen molar-refractivity contribution >= 4 is 65.0 Å². The number of aromatic nitrogens is 3. The van der Waals surface area contributed by atoms with Crippen LogP contribution in [0.15, 0.2) is 176 Å². The van der Waals surface area contributed by atoms with Gasteiger partial charge < -0.3 is 0 Å². The highest BCUT2D eigenvalue weighted by Gasteiger charge is 2.17. The molecule has 52 heavy (non-hydrogen) atoms. The molecule has 0 N–H and O–H groups in total. The molecule has 0 radical (unpaired) electrons. The van der Waals surface area contributed by atoms with Gasteiger partial charge >= 0.3 is 0 Å². The van der Waals surface area contributed by atoms with E-state index in [0.717, 1.165) is 55.0 Å². The molecule has 3 heterocycles. The highest BCUT2D eigenvalue weighted by molar-refractivity contribution is 6.28. The van der Waals surface area contributed by atoms with Crippen LogP contribution in [0, 0.1) is 0 Å². The number of nitrogens with zero attached hydrogens (tertiary/aromatic N) is 3. The van der Waals surface area contributed by atoms with Gasteiger partial charge in [-0.2, -0.15) is 0 Å². The number of hydrogen-bond donors (Lipinski definition) is 0. The summed E-state index contributed by atoms with van der Waals surface area (Å²) in [4.78, 5) is 14.0. The molecule has 0 unspecified atom stereocenters. The van der Waals surface area contributed by atoms with Crippen molar-refractivity contribution < 1.29 is 0 Å². The second-order valence-corrected chi connectivity index (χ2v) is 13.6.